The minimum Gasteiger partial charge on any atom is -0.339 e. The first kappa shape index (κ1) is 22.6. The van der Waals surface area contributed by atoms with Crippen LogP contribution in [0.1, 0.15) is 10.4 Å². The topological polar surface area (TPSA) is 53.2 Å². The van der Waals surface area contributed by atoms with Crippen molar-refractivity contribution in [3.8, 4) is 0 Å². The molecule has 2 rings (SSSR count). The fourth-order valence-corrected chi connectivity index (χ4v) is 3.05. The van der Waals surface area contributed by atoms with Crippen LogP contribution in [0.5, 0.6) is 0 Å². The number of benzene rings is 2. The van der Waals surface area contributed by atoms with Gasteiger partial charge in [0.25, 0.3) is 5.91 Å². The first-order valence-corrected chi connectivity index (χ1v) is 9.90. The Kier molecular flexibility index (Phi) is 8.13. The third-order valence-corrected chi connectivity index (χ3v) is 4.94. The largest absolute Gasteiger partial charge is 0.339 e. The molecule has 0 heterocycles. The Morgan fingerprint density at radius 1 is 0.963 bits per heavy atom. The average Bonchev–Trinajstić information content (AvgIpc) is 2.57. The first-order chi connectivity index (χ1) is 12.6. The van der Waals surface area contributed by atoms with Gasteiger partial charge >= 0.3 is 0 Å². The van der Waals surface area contributed by atoms with E-state index in [0.29, 0.717) is 15.7 Å². The van der Waals surface area contributed by atoms with Gasteiger partial charge in [0.2, 0.25) is 3.79 Å². The molecule has 0 aliphatic heterocycles. The summed E-state index contributed by atoms with van der Waals surface area (Å²) in [5.41, 5.74) is 0.666. The van der Waals surface area contributed by atoms with Crippen LogP contribution in [0.2, 0.25) is 15.1 Å². The number of halogens is 6. The van der Waals surface area contributed by atoms with Crippen LogP contribution in [-0.2, 0) is 0 Å². The van der Waals surface area contributed by atoms with Crippen molar-refractivity contribution in [2.75, 3.05) is 5.32 Å². The number of carbonyl (C=O) groups is 1. The molecular formula is C16H11Cl6N3OS. The van der Waals surface area contributed by atoms with E-state index in [0.717, 1.165) is 0 Å². The van der Waals surface area contributed by atoms with Crippen molar-refractivity contribution in [3.05, 3.63) is 63.1 Å². The summed E-state index contributed by atoms with van der Waals surface area (Å²) in [5.74, 6) is -0.548. The Morgan fingerprint density at radius 2 is 1.63 bits per heavy atom. The molecule has 27 heavy (non-hydrogen) atoms. The van der Waals surface area contributed by atoms with Crippen molar-refractivity contribution in [3.63, 3.8) is 0 Å². The van der Waals surface area contributed by atoms with E-state index in [9.17, 15) is 4.79 Å². The van der Waals surface area contributed by atoms with Crippen LogP contribution in [0.3, 0.4) is 0 Å². The molecule has 0 saturated heterocycles. The van der Waals surface area contributed by atoms with Crippen LogP contribution >= 0.6 is 81.8 Å². The Morgan fingerprint density at radius 3 is 2.26 bits per heavy atom. The van der Waals surface area contributed by atoms with Crippen molar-refractivity contribution in [1.29, 1.82) is 0 Å². The van der Waals surface area contributed by atoms with Crippen molar-refractivity contribution in [2.24, 2.45) is 0 Å². The van der Waals surface area contributed by atoms with E-state index >= 15 is 0 Å². The van der Waals surface area contributed by atoms with Crippen LogP contribution in [0.15, 0.2) is 42.5 Å². The van der Waals surface area contributed by atoms with Gasteiger partial charge in [0.15, 0.2) is 5.11 Å². The highest BCUT2D eigenvalue weighted by atomic mass is 35.6. The quantitative estimate of drug-likeness (QED) is 0.268. The molecule has 0 fully saturated rings. The number of alkyl halides is 3. The standard InChI is InChI=1S/C16H11Cl6N3OS/c17-8-5-6-11(19)12(7-8)23-15(27)25-14(16(20,21)22)24-13(26)9-3-1-2-4-10(9)18/h1-7,14H,(H,24,26)(H2,23,25,27). The van der Waals surface area contributed by atoms with Gasteiger partial charge in [0.1, 0.15) is 6.17 Å². The predicted molar refractivity (Wildman–Crippen MR) is 119 cm³/mol. The molecule has 0 aliphatic rings. The molecule has 0 radical (unpaired) electrons. The number of carbonyl (C=O) groups excluding carboxylic acids is 1. The lowest BCUT2D eigenvalue weighted by molar-refractivity contribution is 0.0934. The van der Waals surface area contributed by atoms with Crippen LogP contribution < -0.4 is 16.0 Å². The molecule has 2 aromatic carbocycles. The monoisotopic (exact) mass is 503 g/mol. The van der Waals surface area contributed by atoms with E-state index in [1.54, 1.807) is 36.4 Å². The molecular weight excluding hydrogens is 495 g/mol. The summed E-state index contributed by atoms with van der Waals surface area (Å²) in [6.45, 7) is 0. The number of hydrogen-bond donors (Lipinski definition) is 3. The Hall–Kier alpha value is -0.660. The molecule has 0 saturated carbocycles. The lowest BCUT2D eigenvalue weighted by Crippen LogP contribution is -2.56. The number of amides is 1. The van der Waals surface area contributed by atoms with Gasteiger partial charge < -0.3 is 16.0 Å². The molecule has 11 heteroatoms. The molecule has 1 unspecified atom stereocenters. The summed E-state index contributed by atoms with van der Waals surface area (Å²) in [6.07, 6.45) is -1.16. The highest BCUT2D eigenvalue weighted by Crippen LogP contribution is 2.30. The highest BCUT2D eigenvalue weighted by Gasteiger charge is 2.35. The highest BCUT2D eigenvalue weighted by molar-refractivity contribution is 7.80. The van der Waals surface area contributed by atoms with Gasteiger partial charge in [-0.2, -0.15) is 0 Å². The second-order valence-corrected chi connectivity index (χ2v) is 9.18. The second-order valence-electron chi connectivity index (χ2n) is 5.15. The van der Waals surface area contributed by atoms with Crippen LogP contribution in [0.4, 0.5) is 5.69 Å². The van der Waals surface area contributed by atoms with Crippen molar-refractivity contribution >= 4 is 98.5 Å². The maximum atomic E-state index is 12.4. The smallest absolute Gasteiger partial charge is 0.254 e. The van der Waals surface area contributed by atoms with E-state index < -0.39 is 15.9 Å². The fraction of sp³-hybridized carbons (Fsp3) is 0.125. The van der Waals surface area contributed by atoms with E-state index in [1.807, 2.05) is 0 Å². The SMILES string of the molecule is O=C(NC(NC(=S)Nc1cc(Cl)ccc1Cl)C(Cl)(Cl)Cl)c1ccccc1Cl. The fourth-order valence-electron chi connectivity index (χ4n) is 1.94. The summed E-state index contributed by atoms with van der Waals surface area (Å²) in [6, 6.07) is 11.3. The Balaban J connectivity index is 2.12. The Labute approximate surface area is 191 Å². The van der Waals surface area contributed by atoms with E-state index in [2.05, 4.69) is 16.0 Å². The zero-order valence-corrected chi connectivity index (χ0v) is 18.6. The summed E-state index contributed by atoms with van der Waals surface area (Å²) >= 11 is 41.1. The molecule has 1 amide bonds. The number of thiocarbonyl (C=S) groups is 1. The molecule has 2 aromatic rings. The van der Waals surface area contributed by atoms with Crippen molar-refractivity contribution < 1.29 is 4.79 Å². The number of hydrogen-bond acceptors (Lipinski definition) is 2. The summed E-state index contributed by atoms with van der Waals surface area (Å²) in [4.78, 5) is 12.4. The minimum absolute atomic E-state index is 0.0509. The molecule has 3 N–H and O–H groups in total. The van der Waals surface area contributed by atoms with Gasteiger partial charge in [0.05, 0.1) is 21.3 Å². The number of rotatable bonds is 4. The van der Waals surface area contributed by atoms with Gasteiger partial charge in [-0.15, -0.1) is 0 Å². The van der Waals surface area contributed by atoms with Gasteiger partial charge in [-0.1, -0.05) is 81.7 Å². The maximum Gasteiger partial charge on any atom is 0.254 e. The zero-order valence-electron chi connectivity index (χ0n) is 13.2. The van der Waals surface area contributed by atoms with Gasteiger partial charge in [-0.05, 0) is 42.5 Å². The first-order valence-electron chi connectivity index (χ1n) is 7.22. The lowest BCUT2D eigenvalue weighted by Gasteiger charge is -2.28. The van der Waals surface area contributed by atoms with Gasteiger partial charge in [-0.25, -0.2) is 0 Å². The van der Waals surface area contributed by atoms with Crippen molar-refractivity contribution in [1.82, 2.24) is 10.6 Å². The normalized spacial score (nSPS) is 12.2. The molecule has 1 atom stereocenters. The summed E-state index contributed by atoms with van der Waals surface area (Å²) < 4.78 is -1.92. The van der Waals surface area contributed by atoms with Crippen LogP contribution in [0.25, 0.3) is 0 Å². The zero-order chi connectivity index (χ0) is 20.2. The van der Waals surface area contributed by atoms with E-state index in [-0.39, 0.29) is 15.7 Å². The van der Waals surface area contributed by atoms with E-state index in [1.165, 1.54) is 6.07 Å². The molecule has 144 valence electrons. The maximum absolute atomic E-state index is 12.4. The third kappa shape index (κ3) is 6.71. The molecule has 4 nitrogen and oxygen atoms in total. The van der Waals surface area contributed by atoms with Crippen LogP contribution in [0, 0.1) is 0 Å². The molecule has 0 aromatic heterocycles. The second kappa shape index (κ2) is 9.70. The lowest BCUT2D eigenvalue weighted by atomic mass is 10.2. The van der Waals surface area contributed by atoms with Gasteiger partial charge in [-0.3, -0.25) is 4.79 Å². The molecule has 0 bridgehead atoms. The minimum atomic E-state index is -1.92. The number of nitrogens with one attached hydrogen (secondary N) is 3. The van der Waals surface area contributed by atoms with E-state index in [4.69, 9.17) is 81.8 Å². The predicted octanol–water partition coefficient (Wildman–Crippen LogP) is 6.06. The number of anilines is 1. The Bertz CT molecular complexity index is 858. The molecule has 0 aliphatic carbocycles. The molecule has 0 spiro atoms. The summed E-state index contributed by atoms with van der Waals surface area (Å²) in [7, 11) is 0. The summed E-state index contributed by atoms with van der Waals surface area (Å²) in [5, 5.41) is 9.23. The van der Waals surface area contributed by atoms with Crippen LogP contribution in [-0.4, -0.2) is 21.0 Å². The van der Waals surface area contributed by atoms with Crippen molar-refractivity contribution in [2.45, 2.75) is 9.96 Å². The van der Waals surface area contributed by atoms with Gasteiger partial charge in [0, 0.05) is 5.02 Å². The third-order valence-electron chi connectivity index (χ3n) is 3.17. The average molecular weight is 506 g/mol.